The van der Waals surface area contributed by atoms with E-state index in [0.29, 0.717) is 0 Å². The number of non-ortho nitro benzene ring substituents is 1. The average Bonchev–Trinajstić information content (AvgIpc) is 2.88. The first-order chi connectivity index (χ1) is 10.7. The van der Waals surface area contributed by atoms with Gasteiger partial charge in [-0.3, -0.25) is 10.1 Å². The van der Waals surface area contributed by atoms with Crippen molar-refractivity contribution in [2.75, 3.05) is 0 Å². The predicted molar refractivity (Wildman–Crippen MR) is 88.6 cm³/mol. The standard InChI is InChI=1S/C19H13NO2/c21-20(22)17-9-7-13(8-10-17)11-16-12-15-5-1-3-14-4-2-6-18(16)19(14)15/h1-11H,12H2/b16-11+. The first kappa shape index (κ1) is 12.8. The van der Waals surface area contributed by atoms with Gasteiger partial charge in [-0.05, 0) is 51.6 Å². The molecule has 22 heavy (non-hydrogen) atoms. The summed E-state index contributed by atoms with van der Waals surface area (Å²) in [6.07, 6.45) is 3.03. The molecule has 0 aliphatic heterocycles. The van der Waals surface area contributed by atoms with Crippen molar-refractivity contribution in [1.29, 1.82) is 0 Å². The number of hydrogen-bond acceptors (Lipinski definition) is 2. The molecule has 0 amide bonds. The number of rotatable bonds is 2. The number of allylic oxidation sites excluding steroid dienone is 1. The molecule has 3 aromatic carbocycles. The van der Waals surface area contributed by atoms with Crippen LogP contribution in [0.1, 0.15) is 16.7 Å². The fraction of sp³-hybridized carbons (Fsp3) is 0.0526. The molecule has 0 saturated carbocycles. The van der Waals surface area contributed by atoms with Crippen LogP contribution in [-0.4, -0.2) is 4.92 Å². The Labute approximate surface area is 127 Å². The number of benzene rings is 3. The van der Waals surface area contributed by atoms with Gasteiger partial charge in [0.25, 0.3) is 5.69 Å². The van der Waals surface area contributed by atoms with E-state index in [9.17, 15) is 10.1 Å². The molecule has 3 nitrogen and oxygen atoms in total. The van der Waals surface area contributed by atoms with Crippen molar-refractivity contribution in [3.05, 3.63) is 87.5 Å². The van der Waals surface area contributed by atoms with E-state index in [1.54, 1.807) is 24.3 Å². The first-order valence-electron chi connectivity index (χ1n) is 7.18. The highest BCUT2D eigenvalue weighted by Crippen LogP contribution is 2.38. The molecule has 3 aromatic rings. The molecule has 0 heterocycles. The maximum Gasteiger partial charge on any atom is 0.269 e. The number of nitro groups is 1. The summed E-state index contributed by atoms with van der Waals surface area (Å²) in [5, 5.41) is 13.3. The second-order valence-corrected chi connectivity index (χ2v) is 5.52. The van der Waals surface area contributed by atoms with Crippen molar-refractivity contribution in [2.45, 2.75) is 6.42 Å². The van der Waals surface area contributed by atoms with Crippen LogP contribution in [-0.2, 0) is 6.42 Å². The molecule has 0 bridgehead atoms. The van der Waals surface area contributed by atoms with Gasteiger partial charge in [-0.25, -0.2) is 0 Å². The largest absolute Gasteiger partial charge is 0.269 e. The van der Waals surface area contributed by atoms with Gasteiger partial charge in [0.05, 0.1) is 4.92 Å². The van der Waals surface area contributed by atoms with Crippen molar-refractivity contribution < 1.29 is 4.92 Å². The molecular weight excluding hydrogens is 274 g/mol. The Hall–Kier alpha value is -2.94. The van der Waals surface area contributed by atoms with E-state index in [2.05, 4.69) is 42.5 Å². The van der Waals surface area contributed by atoms with E-state index in [4.69, 9.17) is 0 Å². The van der Waals surface area contributed by atoms with Gasteiger partial charge in [0, 0.05) is 12.1 Å². The zero-order valence-corrected chi connectivity index (χ0v) is 11.8. The van der Waals surface area contributed by atoms with Crippen LogP contribution in [0.15, 0.2) is 60.7 Å². The van der Waals surface area contributed by atoms with Gasteiger partial charge in [0.1, 0.15) is 0 Å². The molecule has 3 heteroatoms. The molecule has 0 radical (unpaired) electrons. The maximum absolute atomic E-state index is 10.7. The third kappa shape index (κ3) is 1.99. The van der Waals surface area contributed by atoms with Gasteiger partial charge < -0.3 is 0 Å². The Morgan fingerprint density at radius 1 is 0.955 bits per heavy atom. The van der Waals surface area contributed by atoms with Crippen LogP contribution in [0.25, 0.3) is 22.4 Å². The van der Waals surface area contributed by atoms with Crippen LogP contribution in [0.3, 0.4) is 0 Å². The van der Waals surface area contributed by atoms with Gasteiger partial charge in [-0.2, -0.15) is 0 Å². The Bertz CT molecular complexity index is 919. The molecule has 0 unspecified atom stereocenters. The predicted octanol–water partition coefficient (Wildman–Crippen LogP) is 4.84. The Kier molecular flexibility index (Phi) is 2.79. The summed E-state index contributed by atoms with van der Waals surface area (Å²) in [5.74, 6) is 0. The van der Waals surface area contributed by atoms with E-state index >= 15 is 0 Å². The minimum atomic E-state index is -0.372. The minimum Gasteiger partial charge on any atom is -0.258 e. The summed E-state index contributed by atoms with van der Waals surface area (Å²) in [6.45, 7) is 0. The SMILES string of the molecule is O=[N+]([O-])c1ccc(/C=C2\Cc3cccc4cccc2c34)cc1. The number of nitrogens with zero attached hydrogens (tertiary/aromatic N) is 1. The lowest BCUT2D eigenvalue weighted by molar-refractivity contribution is -0.384. The van der Waals surface area contributed by atoms with Crippen molar-refractivity contribution in [2.24, 2.45) is 0 Å². The number of hydrogen-bond donors (Lipinski definition) is 0. The molecule has 0 aromatic heterocycles. The topological polar surface area (TPSA) is 43.1 Å². The fourth-order valence-electron chi connectivity index (χ4n) is 3.16. The van der Waals surface area contributed by atoms with E-state index in [0.717, 1.165) is 12.0 Å². The maximum atomic E-state index is 10.7. The summed E-state index contributed by atoms with van der Waals surface area (Å²) < 4.78 is 0. The third-order valence-corrected chi connectivity index (χ3v) is 4.16. The summed E-state index contributed by atoms with van der Waals surface area (Å²) in [4.78, 5) is 10.4. The molecule has 106 valence electrons. The second kappa shape index (κ2) is 4.81. The van der Waals surface area contributed by atoms with E-state index < -0.39 is 0 Å². The molecule has 4 rings (SSSR count). The van der Waals surface area contributed by atoms with E-state index in [1.165, 1.54) is 27.5 Å². The zero-order valence-electron chi connectivity index (χ0n) is 11.8. The second-order valence-electron chi connectivity index (χ2n) is 5.52. The summed E-state index contributed by atoms with van der Waals surface area (Å²) in [6, 6.07) is 19.5. The monoisotopic (exact) mass is 287 g/mol. The Morgan fingerprint density at radius 2 is 1.68 bits per heavy atom. The van der Waals surface area contributed by atoms with Gasteiger partial charge in [-0.1, -0.05) is 42.5 Å². The lowest BCUT2D eigenvalue weighted by atomic mass is 10.0. The molecule has 0 saturated heterocycles. The molecule has 1 aliphatic rings. The molecule has 0 N–H and O–H groups in total. The van der Waals surface area contributed by atoms with Crippen LogP contribution < -0.4 is 0 Å². The Morgan fingerprint density at radius 3 is 2.41 bits per heavy atom. The first-order valence-corrected chi connectivity index (χ1v) is 7.18. The van der Waals surface area contributed by atoms with E-state index in [-0.39, 0.29) is 10.6 Å². The smallest absolute Gasteiger partial charge is 0.258 e. The summed E-state index contributed by atoms with van der Waals surface area (Å²) >= 11 is 0. The number of nitro benzene ring substituents is 1. The van der Waals surface area contributed by atoms with Crippen molar-refractivity contribution in [3.63, 3.8) is 0 Å². The zero-order chi connectivity index (χ0) is 15.1. The van der Waals surface area contributed by atoms with Crippen molar-refractivity contribution in [3.8, 4) is 0 Å². The van der Waals surface area contributed by atoms with Crippen molar-refractivity contribution >= 4 is 28.1 Å². The van der Waals surface area contributed by atoms with Gasteiger partial charge >= 0.3 is 0 Å². The lowest BCUT2D eigenvalue weighted by Crippen LogP contribution is -1.87. The molecular formula is C19H13NO2. The van der Waals surface area contributed by atoms with Crippen molar-refractivity contribution in [1.82, 2.24) is 0 Å². The summed E-state index contributed by atoms with van der Waals surface area (Å²) in [5.41, 5.74) is 5.00. The van der Waals surface area contributed by atoms with Crippen LogP contribution >= 0.6 is 0 Å². The van der Waals surface area contributed by atoms with Gasteiger partial charge in [-0.15, -0.1) is 0 Å². The highest BCUT2D eigenvalue weighted by molar-refractivity contribution is 6.04. The molecule has 0 atom stereocenters. The lowest BCUT2D eigenvalue weighted by Gasteiger charge is -2.02. The average molecular weight is 287 g/mol. The van der Waals surface area contributed by atoms with Crippen LogP contribution in [0.2, 0.25) is 0 Å². The van der Waals surface area contributed by atoms with E-state index in [1.807, 2.05) is 0 Å². The van der Waals surface area contributed by atoms with Crippen LogP contribution in [0.5, 0.6) is 0 Å². The van der Waals surface area contributed by atoms with Gasteiger partial charge in [0.2, 0.25) is 0 Å². The van der Waals surface area contributed by atoms with Crippen LogP contribution in [0.4, 0.5) is 5.69 Å². The molecule has 0 spiro atoms. The molecule has 0 fully saturated rings. The van der Waals surface area contributed by atoms with Gasteiger partial charge in [0.15, 0.2) is 0 Å². The normalized spacial score (nSPS) is 14.6. The quantitative estimate of drug-likeness (QED) is 0.499. The third-order valence-electron chi connectivity index (χ3n) is 4.16. The van der Waals surface area contributed by atoms with Crippen LogP contribution in [0, 0.1) is 10.1 Å². The molecule has 1 aliphatic carbocycles. The highest BCUT2D eigenvalue weighted by Gasteiger charge is 2.18. The summed E-state index contributed by atoms with van der Waals surface area (Å²) in [7, 11) is 0. The Balaban J connectivity index is 1.79. The minimum absolute atomic E-state index is 0.124. The fourth-order valence-corrected chi connectivity index (χ4v) is 3.16. The highest BCUT2D eigenvalue weighted by atomic mass is 16.6.